The summed E-state index contributed by atoms with van der Waals surface area (Å²) in [6, 6.07) is 0. The van der Waals surface area contributed by atoms with E-state index in [-0.39, 0.29) is 11.7 Å². The fraction of sp³-hybridized carbons (Fsp3) is 0.800. The lowest BCUT2D eigenvalue weighted by atomic mass is 9.82. The van der Waals surface area contributed by atoms with Gasteiger partial charge in [-0.3, -0.25) is 4.79 Å². The Hall–Kier alpha value is -0.370. The quantitative estimate of drug-likeness (QED) is 0.463. The summed E-state index contributed by atoms with van der Waals surface area (Å²) in [6.07, 6.45) is -0.0683. The van der Waals surface area contributed by atoms with E-state index in [0.29, 0.717) is 6.42 Å². The molecule has 0 amide bonds. The number of rotatable bonds is 0. The summed E-state index contributed by atoms with van der Waals surface area (Å²) >= 11 is 0. The molecule has 2 heteroatoms. The first-order chi connectivity index (χ1) is 3.22. The Labute approximate surface area is 42.1 Å². The Morgan fingerprint density at radius 3 is 2.43 bits per heavy atom. The summed E-state index contributed by atoms with van der Waals surface area (Å²) in [5, 5.41) is 8.64. The van der Waals surface area contributed by atoms with Crippen LogP contribution in [-0.2, 0) is 4.79 Å². The highest BCUT2D eigenvalue weighted by Crippen LogP contribution is 2.21. The molecule has 0 spiro atoms. The van der Waals surface area contributed by atoms with Crippen molar-refractivity contribution in [2.45, 2.75) is 19.4 Å². The molecule has 7 heavy (non-hydrogen) atoms. The monoisotopic (exact) mass is 100 g/mol. The highest BCUT2D eigenvalue weighted by Gasteiger charge is 2.33. The summed E-state index contributed by atoms with van der Waals surface area (Å²) in [5.41, 5.74) is 0. The number of hydrogen-bond acceptors (Lipinski definition) is 2. The number of aliphatic hydroxyl groups is 1. The van der Waals surface area contributed by atoms with Gasteiger partial charge in [0.1, 0.15) is 6.10 Å². The molecule has 0 bridgehead atoms. The molecule has 0 aromatic heterocycles. The fourth-order valence-corrected chi connectivity index (χ4v) is 0.707. The van der Waals surface area contributed by atoms with Crippen molar-refractivity contribution in [2.75, 3.05) is 0 Å². The Bertz CT molecular complexity index is 98.3. The highest BCUT2D eigenvalue weighted by atomic mass is 16.3. The third-order valence-electron chi connectivity index (χ3n) is 1.39. The van der Waals surface area contributed by atoms with E-state index >= 15 is 0 Å². The van der Waals surface area contributed by atoms with Crippen LogP contribution in [0.15, 0.2) is 0 Å². The van der Waals surface area contributed by atoms with E-state index in [1.54, 1.807) is 0 Å². The summed E-state index contributed by atoms with van der Waals surface area (Å²) < 4.78 is 0. The van der Waals surface area contributed by atoms with Gasteiger partial charge in [0.2, 0.25) is 0 Å². The van der Waals surface area contributed by atoms with Gasteiger partial charge in [0.05, 0.1) is 0 Å². The minimum Gasteiger partial charge on any atom is -0.385 e. The molecule has 40 valence electrons. The van der Waals surface area contributed by atoms with Crippen LogP contribution in [0.5, 0.6) is 0 Å². The maximum absolute atomic E-state index is 10.2. The standard InChI is InChI=1S/C5H8O2/c1-3-2-4(6)5(3)7/h3,5,7H,2H2,1H3. The molecule has 0 radical (unpaired) electrons. The summed E-state index contributed by atoms with van der Waals surface area (Å²) in [4.78, 5) is 10.2. The molecule has 1 rings (SSSR count). The molecule has 2 atom stereocenters. The minimum absolute atomic E-state index is 0.00694. The van der Waals surface area contributed by atoms with Gasteiger partial charge in [-0.15, -0.1) is 0 Å². The number of carbonyl (C=O) groups excluding carboxylic acids is 1. The van der Waals surface area contributed by atoms with Crippen LogP contribution in [0, 0.1) is 5.92 Å². The Kier molecular flexibility index (Phi) is 0.889. The van der Waals surface area contributed by atoms with Crippen LogP contribution in [0.2, 0.25) is 0 Å². The van der Waals surface area contributed by atoms with Crippen molar-refractivity contribution < 1.29 is 9.90 Å². The van der Waals surface area contributed by atoms with Gasteiger partial charge in [-0.2, -0.15) is 0 Å². The van der Waals surface area contributed by atoms with Crippen molar-refractivity contribution in [3.05, 3.63) is 0 Å². The molecule has 0 saturated heterocycles. The average molecular weight is 100 g/mol. The smallest absolute Gasteiger partial charge is 0.161 e. The predicted molar refractivity (Wildman–Crippen MR) is 24.8 cm³/mol. The van der Waals surface area contributed by atoms with Crippen molar-refractivity contribution >= 4 is 5.78 Å². The zero-order valence-electron chi connectivity index (χ0n) is 4.22. The zero-order chi connectivity index (χ0) is 5.44. The van der Waals surface area contributed by atoms with E-state index < -0.39 is 6.10 Å². The van der Waals surface area contributed by atoms with Crippen LogP contribution in [0.3, 0.4) is 0 Å². The van der Waals surface area contributed by atoms with Gasteiger partial charge >= 0.3 is 0 Å². The molecule has 0 heterocycles. The van der Waals surface area contributed by atoms with Gasteiger partial charge in [0, 0.05) is 6.42 Å². The third kappa shape index (κ3) is 0.548. The molecule has 1 aliphatic carbocycles. The third-order valence-corrected chi connectivity index (χ3v) is 1.39. The first-order valence-electron chi connectivity index (χ1n) is 2.42. The average Bonchev–Trinajstić information content (AvgIpc) is 1.68. The lowest BCUT2D eigenvalue weighted by Crippen LogP contribution is -2.40. The second kappa shape index (κ2) is 1.30. The lowest BCUT2D eigenvalue weighted by Gasteiger charge is -2.26. The number of aliphatic hydroxyl groups excluding tert-OH is 1. The Morgan fingerprint density at radius 1 is 1.86 bits per heavy atom. The van der Waals surface area contributed by atoms with Gasteiger partial charge in [-0.05, 0) is 5.92 Å². The van der Waals surface area contributed by atoms with E-state index in [2.05, 4.69) is 0 Å². The van der Waals surface area contributed by atoms with E-state index in [0.717, 1.165) is 0 Å². The first kappa shape index (κ1) is 4.78. The molecule has 0 aromatic carbocycles. The molecular weight excluding hydrogens is 92.1 g/mol. The summed E-state index contributed by atoms with van der Waals surface area (Å²) in [5.74, 6) is 0.208. The topological polar surface area (TPSA) is 37.3 Å². The van der Waals surface area contributed by atoms with Gasteiger partial charge in [-0.25, -0.2) is 0 Å². The lowest BCUT2D eigenvalue weighted by molar-refractivity contribution is -0.140. The van der Waals surface area contributed by atoms with E-state index in [4.69, 9.17) is 5.11 Å². The second-order valence-electron chi connectivity index (χ2n) is 2.09. The van der Waals surface area contributed by atoms with Crippen LogP contribution < -0.4 is 0 Å². The SMILES string of the molecule is CC1CC(=O)C1O. The van der Waals surface area contributed by atoms with Gasteiger partial charge < -0.3 is 5.11 Å². The van der Waals surface area contributed by atoms with Crippen molar-refractivity contribution in [1.29, 1.82) is 0 Å². The first-order valence-corrected chi connectivity index (χ1v) is 2.42. The van der Waals surface area contributed by atoms with E-state index in [9.17, 15) is 4.79 Å². The number of Topliss-reactive ketones (excluding diaryl/α,β-unsaturated/α-hetero) is 1. The maximum Gasteiger partial charge on any atom is 0.161 e. The van der Waals surface area contributed by atoms with E-state index in [1.165, 1.54) is 0 Å². The molecule has 0 aromatic rings. The van der Waals surface area contributed by atoms with Crippen LogP contribution in [0.1, 0.15) is 13.3 Å². The number of hydrogen-bond donors (Lipinski definition) is 1. The zero-order valence-corrected chi connectivity index (χ0v) is 4.22. The minimum atomic E-state index is -0.639. The van der Waals surface area contributed by atoms with Crippen LogP contribution in [0.4, 0.5) is 0 Å². The second-order valence-corrected chi connectivity index (χ2v) is 2.09. The highest BCUT2D eigenvalue weighted by molar-refractivity contribution is 5.89. The van der Waals surface area contributed by atoms with Gasteiger partial charge in [-0.1, -0.05) is 6.92 Å². The molecule has 1 fully saturated rings. The Morgan fingerprint density at radius 2 is 2.43 bits per heavy atom. The van der Waals surface area contributed by atoms with Crippen molar-refractivity contribution in [1.82, 2.24) is 0 Å². The molecule has 1 saturated carbocycles. The van der Waals surface area contributed by atoms with Crippen molar-refractivity contribution in [2.24, 2.45) is 5.92 Å². The normalized spacial score (nSPS) is 40.6. The van der Waals surface area contributed by atoms with Crippen LogP contribution in [-0.4, -0.2) is 17.0 Å². The number of carbonyl (C=O) groups is 1. The van der Waals surface area contributed by atoms with Crippen LogP contribution in [0.25, 0.3) is 0 Å². The van der Waals surface area contributed by atoms with Crippen molar-refractivity contribution in [3.63, 3.8) is 0 Å². The molecule has 2 unspecified atom stereocenters. The van der Waals surface area contributed by atoms with Gasteiger partial charge in [0.25, 0.3) is 0 Å². The van der Waals surface area contributed by atoms with Crippen LogP contribution >= 0.6 is 0 Å². The molecular formula is C5H8O2. The largest absolute Gasteiger partial charge is 0.385 e. The van der Waals surface area contributed by atoms with Gasteiger partial charge in [0.15, 0.2) is 5.78 Å². The number of ketones is 1. The Balaban J connectivity index is 2.43. The maximum atomic E-state index is 10.2. The summed E-state index contributed by atoms with van der Waals surface area (Å²) in [6.45, 7) is 1.87. The predicted octanol–water partition coefficient (Wildman–Crippen LogP) is -0.0438. The molecule has 1 aliphatic rings. The molecule has 2 nitrogen and oxygen atoms in total. The van der Waals surface area contributed by atoms with Crippen molar-refractivity contribution in [3.8, 4) is 0 Å². The summed E-state index contributed by atoms with van der Waals surface area (Å²) in [7, 11) is 0. The van der Waals surface area contributed by atoms with E-state index in [1.807, 2.05) is 6.92 Å². The fourth-order valence-electron chi connectivity index (χ4n) is 0.707. The molecule has 0 aliphatic heterocycles. The molecule has 1 N–H and O–H groups in total.